The van der Waals surface area contributed by atoms with E-state index in [2.05, 4.69) is 10.3 Å². The number of pyridine rings is 1. The van der Waals surface area contributed by atoms with E-state index in [1.165, 1.54) is 0 Å². The van der Waals surface area contributed by atoms with E-state index in [0.717, 1.165) is 37.2 Å². The largest absolute Gasteiger partial charge is 0.497 e. The second-order valence-electron chi connectivity index (χ2n) is 6.46. The zero-order valence-corrected chi connectivity index (χ0v) is 15.0. The molecule has 1 fully saturated rings. The van der Waals surface area contributed by atoms with Gasteiger partial charge in [0.1, 0.15) is 17.9 Å². The van der Waals surface area contributed by atoms with Gasteiger partial charge in [-0.15, -0.1) is 0 Å². The van der Waals surface area contributed by atoms with Crippen LogP contribution in [0.25, 0.3) is 0 Å². The van der Waals surface area contributed by atoms with Crippen molar-refractivity contribution in [1.82, 2.24) is 15.2 Å². The number of aliphatic hydroxyl groups excluding tert-OH is 1. The van der Waals surface area contributed by atoms with Crippen LogP contribution in [0.3, 0.4) is 0 Å². The summed E-state index contributed by atoms with van der Waals surface area (Å²) in [7, 11) is 1.63. The van der Waals surface area contributed by atoms with Gasteiger partial charge in [-0.2, -0.15) is 0 Å². The van der Waals surface area contributed by atoms with Gasteiger partial charge in [0.2, 0.25) is 5.91 Å². The summed E-state index contributed by atoms with van der Waals surface area (Å²) in [5.41, 5.74) is 1.70. The molecule has 0 unspecified atom stereocenters. The summed E-state index contributed by atoms with van der Waals surface area (Å²) in [6.45, 7) is 1.99. The first-order chi connectivity index (χ1) is 12.7. The van der Waals surface area contributed by atoms with Crippen molar-refractivity contribution in [2.75, 3.05) is 20.2 Å². The lowest BCUT2D eigenvalue weighted by Gasteiger charge is -2.28. The van der Waals surface area contributed by atoms with Crippen molar-refractivity contribution < 1.29 is 14.6 Å². The fraction of sp³-hybridized carbons (Fsp3) is 0.400. The van der Waals surface area contributed by atoms with E-state index >= 15 is 0 Å². The van der Waals surface area contributed by atoms with Gasteiger partial charge >= 0.3 is 0 Å². The maximum Gasteiger partial charge on any atom is 0.242 e. The first-order valence-corrected chi connectivity index (χ1v) is 8.92. The SMILES string of the molecule is COc1ccc(CN[C@@H](C(=O)N2CCCC2)[C@@H](O)c2ccncc2)cc1. The molecule has 1 saturated heterocycles. The molecule has 2 heterocycles. The number of hydrogen-bond acceptors (Lipinski definition) is 5. The predicted molar refractivity (Wildman–Crippen MR) is 98.6 cm³/mol. The minimum atomic E-state index is -0.927. The van der Waals surface area contributed by atoms with Crippen molar-refractivity contribution in [1.29, 1.82) is 0 Å². The summed E-state index contributed by atoms with van der Waals surface area (Å²) in [5, 5.41) is 14.1. The molecule has 2 N–H and O–H groups in total. The Balaban J connectivity index is 1.74. The molecule has 2 atom stereocenters. The molecule has 1 aliphatic heterocycles. The first kappa shape index (κ1) is 18.4. The lowest BCUT2D eigenvalue weighted by molar-refractivity contribution is -0.135. The lowest BCUT2D eigenvalue weighted by Crippen LogP contribution is -2.48. The minimum absolute atomic E-state index is 0.0553. The summed E-state index contributed by atoms with van der Waals surface area (Å²) in [4.78, 5) is 18.8. The van der Waals surface area contributed by atoms with Crippen LogP contribution in [-0.2, 0) is 11.3 Å². The normalized spacial score (nSPS) is 16.3. The van der Waals surface area contributed by atoms with Crippen molar-refractivity contribution in [3.05, 3.63) is 59.9 Å². The third kappa shape index (κ3) is 4.39. The van der Waals surface area contributed by atoms with Gasteiger partial charge in [0.15, 0.2) is 0 Å². The van der Waals surface area contributed by atoms with Crippen LogP contribution in [0.4, 0.5) is 0 Å². The highest BCUT2D eigenvalue weighted by atomic mass is 16.5. The topological polar surface area (TPSA) is 74.7 Å². The molecule has 1 aromatic heterocycles. The second-order valence-corrected chi connectivity index (χ2v) is 6.46. The maximum absolute atomic E-state index is 12.9. The molecule has 2 aromatic rings. The highest BCUT2D eigenvalue weighted by molar-refractivity contribution is 5.83. The number of aliphatic hydroxyl groups is 1. The fourth-order valence-corrected chi connectivity index (χ4v) is 3.19. The zero-order chi connectivity index (χ0) is 18.4. The van der Waals surface area contributed by atoms with Gasteiger partial charge < -0.3 is 14.7 Å². The third-order valence-corrected chi connectivity index (χ3v) is 4.73. The Kier molecular flexibility index (Phi) is 6.20. The van der Waals surface area contributed by atoms with E-state index in [-0.39, 0.29) is 5.91 Å². The fourth-order valence-electron chi connectivity index (χ4n) is 3.19. The predicted octanol–water partition coefficient (Wildman–Crippen LogP) is 1.90. The van der Waals surface area contributed by atoms with Crippen molar-refractivity contribution in [3.8, 4) is 5.75 Å². The van der Waals surface area contributed by atoms with E-state index < -0.39 is 12.1 Å². The first-order valence-electron chi connectivity index (χ1n) is 8.92. The molecule has 26 heavy (non-hydrogen) atoms. The zero-order valence-electron chi connectivity index (χ0n) is 15.0. The molecule has 0 saturated carbocycles. The van der Waals surface area contributed by atoms with Crippen LogP contribution in [0.5, 0.6) is 5.75 Å². The summed E-state index contributed by atoms with van der Waals surface area (Å²) >= 11 is 0. The van der Waals surface area contributed by atoms with Crippen molar-refractivity contribution in [3.63, 3.8) is 0 Å². The highest BCUT2D eigenvalue weighted by Crippen LogP contribution is 2.21. The minimum Gasteiger partial charge on any atom is -0.497 e. The average Bonchev–Trinajstić information content (AvgIpc) is 3.24. The molecule has 0 radical (unpaired) electrons. The standard InChI is InChI=1S/C20H25N3O3/c1-26-17-6-4-15(5-7-17)14-22-18(20(25)23-12-2-3-13-23)19(24)16-8-10-21-11-9-16/h4-11,18-19,22,24H,2-3,12-14H2,1H3/t18-,19+/m1/s1. The van der Waals surface area contributed by atoms with E-state index in [4.69, 9.17) is 4.74 Å². The smallest absolute Gasteiger partial charge is 0.242 e. The summed E-state index contributed by atoms with van der Waals surface area (Å²) in [5.74, 6) is 0.732. The monoisotopic (exact) mass is 355 g/mol. The van der Waals surface area contributed by atoms with Crippen LogP contribution in [0, 0.1) is 0 Å². The number of carbonyl (C=O) groups excluding carboxylic acids is 1. The summed E-state index contributed by atoms with van der Waals surface area (Å²) < 4.78 is 5.17. The Morgan fingerprint density at radius 2 is 1.85 bits per heavy atom. The Bertz CT molecular complexity index is 700. The van der Waals surface area contributed by atoms with Gasteiger partial charge in [-0.25, -0.2) is 0 Å². The lowest BCUT2D eigenvalue weighted by atomic mass is 10.0. The molecular formula is C20H25N3O3. The molecule has 1 amide bonds. The quantitative estimate of drug-likeness (QED) is 0.794. The number of amides is 1. The second kappa shape index (κ2) is 8.78. The number of hydrogen-bond donors (Lipinski definition) is 2. The molecule has 0 aliphatic carbocycles. The van der Waals surface area contributed by atoms with Gasteiger partial charge in [0.05, 0.1) is 7.11 Å². The van der Waals surface area contributed by atoms with E-state index in [1.54, 1.807) is 31.6 Å². The Morgan fingerprint density at radius 3 is 2.46 bits per heavy atom. The van der Waals surface area contributed by atoms with Gasteiger partial charge in [-0.1, -0.05) is 12.1 Å². The number of aromatic nitrogens is 1. The molecule has 0 bridgehead atoms. The Labute approximate surface area is 153 Å². The number of methoxy groups -OCH3 is 1. The number of likely N-dealkylation sites (tertiary alicyclic amines) is 1. The summed E-state index contributed by atoms with van der Waals surface area (Å²) in [6.07, 6.45) is 4.35. The maximum atomic E-state index is 12.9. The number of nitrogens with one attached hydrogen (secondary N) is 1. The molecule has 3 rings (SSSR count). The highest BCUT2D eigenvalue weighted by Gasteiger charge is 2.32. The third-order valence-electron chi connectivity index (χ3n) is 4.73. The van der Waals surface area contributed by atoms with Crippen molar-refractivity contribution in [2.24, 2.45) is 0 Å². The molecule has 1 aliphatic rings. The number of carbonyl (C=O) groups is 1. The van der Waals surface area contributed by atoms with Crippen molar-refractivity contribution >= 4 is 5.91 Å². The van der Waals surface area contributed by atoms with Crippen molar-refractivity contribution in [2.45, 2.75) is 31.5 Å². The summed E-state index contributed by atoms with van der Waals surface area (Å²) in [6, 6.07) is 10.4. The van der Waals surface area contributed by atoms with Gasteiger partial charge in [0, 0.05) is 32.0 Å². The molecule has 0 spiro atoms. The molecule has 1 aromatic carbocycles. The van der Waals surface area contributed by atoms with Crippen LogP contribution in [0.15, 0.2) is 48.8 Å². The van der Waals surface area contributed by atoms with Crippen LogP contribution in [0.2, 0.25) is 0 Å². The van der Waals surface area contributed by atoms with Crippen LogP contribution in [-0.4, -0.2) is 47.1 Å². The molecule has 6 heteroatoms. The van der Waals surface area contributed by atoms with E-state index in [1.807, 2.05) is 29.2 Å². The average molecular weight is 355 g/mol. The van der Waals surface area contributed by atoms with Crippen LogP contribution in [0.1, 0.15) is 30.1 Å². The number of ether oxygens (including phenoxy) is 1. The Morgan fingerprint density at radius 1 is 1.19 bits per heavy atom. The van der Waals surface area contributed by atoms with E-state index in [9.17, 15) is 9.90 Å². The van der Waals surface area contributed by atoms with Crippen LogP contribution < -0.4 is 10.1 Å². The van der Waals surface area contributed by atoms with E-state index in [0.29, 0.717) is 12.1 Å². The number of benzene rings is 1. The van der Waals surface area contributed by atoms with Gasteiger partial charge in [-0.3, -0.25) is 15.1 Å². The van der Waals surface area contributed by atoms with Gasteiger partial charge in [0.25, 0.3) is 0 Å². The number of nitrogens with zero attached hydrogens (tertiary/aromatic N) is 2. The van der Waals surface area contributed by atoms with Crippen LogP contribution >= 0.6 is 0 Å². The Hall–Kier alpha value is -2.44. The number of rotatable bonds is 7. The van der Waals surface area contributed by atoms with Gasteiger partial charge in [-0.05, 0) is 48.2 Å². The molecular weight excluding hydrogens is 330 g/mol. The molecule has 138 valence electrons. The molecule has 6 nitrogen and oxygen atoms in total.